The molecule has 0 saturated carbocycles. The summed E-state index contributed by atoms with van der Waals surface area (Å²) in [6.45, 7) is 6.65. The van der Waals surface area contributed by atoms with Crippen LogP contribution in [-0.4, -0.2) is 19.1 Å². The predicted molar refractivity (Wildman–Crippen MR) is 101 cm³/mol. The highest BCUT2D eigenvalue weighted by Gasteiger charge is 2.08. The average Bonchev–Trinajstić information content (AvgIpc) is 2.48. The van der Waals surface area contributed by atoms with Gasteiger partial charge in [0.05, 0.1) is 0 Å². The van der Waals surface area contributed by atoms with Crippen molar-refractivity contribution in [3.8, 4) is 5.75 Å². The van der Waals surface area contributed by atoms with Crippen LogP contribution in [0.1, 0.15) is 22.3 Å². The monoisotopic (exact) mass is 348 g/mol. The third-order valence-corrected chi connectivity index (χ3v) is 3.67. The van der Waals surface area contributed by atoms with Gasteiger partial charge in [-0.2, -0.15) is 0 Å². The highest BCUT2D eigenvalue weighted by Crippen LogP contribution is 2.24. The lowest BCUT2D eigenvalue weighted by Crippen LogP contribution is -2.30. The molecule has 0 saturated heterocycles. The summed E-state index contributed by atoms with van der Waals surface area (Å²) in [4.78, 5) is 11.9. The molecule has 5 heteroatoms. The van der Waals surface area contributed by atoms with Crippen molar-refractivity contribution in [1.29, 1.82) is 0 Å². The summed E-state index contributed by atoms with van der Waals surface area (Å²) in [7, 11) is 0. The maximum absolute atomic E-state index is 11.9. The molecule has 130 valence electrons. The molecule has 0 bridgehead atoms. The normalized spacial score (nSPS) is 9.96. The summed E-state index contributed by atoms with van der Waals surface area (Å²) in [5.74, 6) is 0.684. The summed E-state index contributed by atoms with van der Waals surface area (Å²) in [6, 6.07) is 11.8. The molecular weight excluding hydrogens is 324 g/mol. The number of ether oxygens (including phenoxy) is 1. The van der Waals surface area contributed by atoms with E-state index in [1.165, 1.54) is 5.56 Å². The number of benzene rings is 2. The van der Waals surface area contributed by atoms with Crippen LogP contribution in [0.2, 0.25) is 0 Å². The molecule has 3 N–H and O–H groups in total. The zero-order valence-electron chi connectivity index (χ0n) is 14.4. The Morgan fingerprint density at radius 2 is 1.67 bits per heavy atom. The number of carbonyl (C=O) groups excluding carboxylic acids is 1. The number of nitrogens with two attached hydrogens (primary N) is 1. The number of rotatable bonds is 6. The van der Waals surface area contributed by atoms with Gasteiger partial charge >= 0.3 is 0 Å². The Bertz CT molecular complexity index is 661. The average molecular weight is 349 g/mol. The zero-order chi connectivity index (χ0) is 16.8. The van der Waals surface area contributed by atoms with Crippen molar-refractivity contribution >= 4 is 24.0 Å². The van der Waals surface area contributed by atoms with Gasteiger partial charge in [0, 0.05) is 12.2 Å². The number of hydrogen-bond donors (Lipinski definition) is 2. The van der Waals surface area contributed by atoms with Gasteiger partial charge in [0.2, 0.25) is 0 Å². The molecule has 24 heavy (non-hydrogen) atoms. The van der Waals surface area contributed by atoms with Gasteiger partial charge in [-0.1, -0.05) is 29.8 Å². The number of amides is 1. The standard InChI is InChI=1S/C19H24N2O2.ClH/c1-13-10-14(2)19(15(3)11-13)23-12-18(22)21-9-8-16-4-6-17(20)7-5-16;/h4-7,10-11H,8-9,12,20H2,1-3H3,(H,21,22);1H. The van der Waals surface area contributed by atoms with E-state index in [-0.39, 0.29) is 24.9 Å². The molecule has 0 aliphatic heterocycles. The van der Waals surface area contributed by atoms with E-state index >= 15 is 0 Å². The van der Waals surface area contributed by atoms with Crippen LogP contribution in [-0.2, 0) is 11.2 Å². The van der Waals surface area contributed by atoms with Crippen molar-refractivity contribution in [3.05, 3.63) is 58.7 Å². The first kappa shape index (κ1) is 19.8. The minimum absolute atomic E-state index is 0. The van der Waals surface area contributed by atoms with Crippen LogP contribution in [0.15, 0.2) is 36.4 Å². The predicted octanol–water partition coefficient (Wildman–Crippen LogP) is 3.35. The molecule has 4 nitrogen and oxygen atoms in total. The Kier molecular flexibility index (Phi) is 7.59. The van der Waals surface area contributed by atoms with Gasteiger partial charge in [-0.3, -0.25) is 4.79 Å². The minimum Gasteiger partial charge on any atom is -0.483 e. The number of anilines is 1. The molecule has 1 amide bonds. The fraction of sp³-hybridized carbons (Fsp3) is 0.316. The van der Waals surface area contributed by atoms with E-state index in [9.17, 15) is 4.79 Å². The van der Waals surface area contributed by atoms with Crippen molar-refractivity contribution < 1.29 is 9.53 Å². The van der Waals surface area contributed by atoms with Crippen molar-refractivity contribution in [1.82, 2.24) is 5.32 Å². The SMILES string of the molecule is Cc1cc(C)c(OCC(=O)NCCc2ccc(N)cc2)c(C)c1.Cl. The Morgan fingerprint density at radius 1 is 1.08 bits per heavy atom. The van der Waals surface area contributed by atoms with Crippen LogP contribution >= 0.6 is 12.4 Å². The zero-order valence-corrected chi connectivity index (χ0v) is 15.2. The molecular formula is C19H25ClN2O2. The molecule has 0 radical (unpaired) electrons. The van der Waals surface area contributed by atoms with Gasteiger partial charge in [-0.15, -0.1) is 12.4 Å². The highest BCUT2D eigenvalue weighted by molar-refractivity contribution is 5.85. The molecule has 0 aliphatic rings. The van der Waals surface area contributed by atoms with E-state index in [2.05, 4.69) is 17.4 Å². The number of nitrogens with one attached hydrogen (secondary N) is 1. The summed E-state index contributed by atoms with van der Waals surface area (Å²) in [5.41, 5.74) is 10.8. The third kappa shape index (κ3) is 5.78. The van der Waals surface area contributed by atoms with E-state index in [4.69, 9.17) is 10.5 Å². The lowest BCUT2D eigenvalue weighted by molar-refractivity contribution is -0.123. The van der Waals surface area contributed by atoms with Gasteiger partial charge in [-0.25, -0.2) is 0 Å². The third-order valence-electron chi connectivity index (χ3n) is 3.67. The Labute approximate surface area is 149 Å². The quantitative estimate of drug-likeness (QED) is 0.787. The second-order valence-corrected chi connectivity index (χ2v) is 5.86. The first-order chi connectivity index (χ1) is 11.0. The summed E-state index contributed by atoms with van der Waals surface area (Å²) < 4.78 is 5.67. The lowest BCUT2D eigenvalue weighted by Gasteiger charge is -2.13. The first-order valence-electron chi connectivity index (χ1n) is 7.77. The van der Waals surface area contributed by atoms with E-state index in [1.54, 1.807) is 0 Å². The molecule has 2 rings (SSSR count). The highest BCUT2D eigenvalue weighted by atomic mass is 35.5. The van der Waals surface area contributed by atoms with E-state index in [0.717, 1.165) is 34.5 Å². The van der Waals surface area contributed by atoms with Crippen molar-refractivity contribution in [2.45, 2.75) is 27.2 Å². The first-order valence-corrected chi connectivity index (χ1v) is 7.77. The molecule has 0 fully saturated rings. The van der Waals surface area contributed by atoms with Gasteiger partial charge in [0.15, 0.2) is 6.61 Å². The fourth-order valence-electron chi connectivity index (χ4n) is 2.61. The molecule has 0 atom stereocenters. The second-order valence-electron chi connectivity index (χ2n) is 5.86. The van der Waals surface area contributed by atoms with Gasteiger partial charge < -0.3 is 15.8 Å². The van der Waals surface area contributed by atoms with Crippen LogP contribution in [0.3, 0.4) is 0 Å². The minimum atomic E-state index is -0.111. The fourth-order valence-corrected chi connectivity index (χ4v) is 2.61. The summed E-state index contributed by atoms with van der Waals surface area (Å²) in [6.07, 6.45) is 0.772. The van der Waals surface area contributed by atoms with E-state index < -0.39 is 0 Å². The largest absolute Gasteiger partial charge is 0.483 e. The summed E-state index contributed by atoms with van der Waals surface area (Å²) in [5, 5.41) is 2.87. The summed E-state index contributed by atoms with van der Waals surface area (Å²) >= 11 is 0. The van der Waals surface area contributed by atoms with Gasteiger partial charge in [0.25, 0.3) is 5.91 Å². The van der Waals surface area contributed by atoms with Crippen LogP contribution in [0.25, 0.3) is 0 Å². The molecule has 2 aromatic carbocycles. The number of halogens is 1. The van der Waals surface area contributed by atoms with Crippen molar-refractivity contribution in [3.63, 3.8) is 0 Å². The topological polar surface area (TPSA) is 64.3 Å². The van der Waals surface area contributed by atoms with Crippen LogP contribution < -0.4 is 15.8 Å². The smallest absolute Gasteiger partial charge is 0.257 e. The van der Waals surface area contributed by atoms with Crippen molar-refractivity contribution in [2.75, 3.05) is 18.9 Å². The molecule has 0 unspecified atom stereocenters. The molecule has 0 aliphatic carbocycles. The second kappa shape index (κ2) is 9.18. The van der Waals surface area contributed by atoms with Crippen molar-refractivity contribution in [2.24, 2.45) is 0 Å². The number of nitrogen functional groups attached to an aromatic ring is 1. The number of carbonyl (C=O) groups is 1. The number of hydrogen-bond acceptors (Lipinski definition) is 3. The number of aryl methyl sites for hydroxylation is 3. The van der Waals surface area contributed by atoms with E-state index in [0.29, 0.717) is 6.54 Å². The Morgan fingerprint density at radius 3 is 2.25 bits per heavy atom. The molecule has 0 spiro atoms. The van der Waals surface area contributed by atoms with Gasteiger partial charge in [-0.05, 0) is 56.0 Å². The Hall–Kier alpha value is -2.20. The molecule has 0 aromatic heterocycles. The maximum atomic E-state index is 11.9. The Balaban J connectivity index is 0.00000288. The molecule has 2 aromatic rings. The molecule has 0 heterocycles. The van der Waals surface area contributed by atoms with Crippen LogP contribution in [0.5, 0.6) is 5.75 Å². The van der Waals surface area contributed by atoms with Crippen LogP contribution in [0.4, 0.5) is 5.69 Å². The van der Waals surface area contributed by atoms with Crippen LogP contribution in [0, 0.1) is 20.8 Å². The lowest BCUT2D eigenvalue weighted by atomic mass is 10.1. The van der Waals surface area contributed by atoms with E-state index in [1.807, 2.05) is 45.0 Å². The maximum Gasteiger partial charge on any atom is 0.257 e. The van der Waals surface area contributed by atoms with Gasteiger partial charge in [0.1, 0.15) is 5.75 Å².